The first-order chi connectivity index (χ1) is 11.5. The molecule has 1 saturated heterocycles. The molecular weight excluding hydrogens is 304 g/mol. The number of hydrogen-bond donors (Lipinski definition) is 2. The van der Waals surface area contributed by atoms with Crippen LogP contribution in [0, 0.1) is 12.3 Å². The Bertz CT molecular complexity index is 689. The smallest absolute Gasteiger partial charge is 0.252 e. The first-order valence-corrected chi connectivity index (χ1v) is 8.75. The van der Waals surface area contributed by atoms with Gasteiger partial charge in [0.15, 0.2) is 0 Å². The molecule has 2 N–H and O–H groups in total. The van der Waals surface area contributed by atoms with Gasteiger partial charge in [-0.15, -0.1) is 0 Å². The Morgan fingerprint density at radius 1 is 1.38 bits per heavy atom. The maximum Gasteiger partial charge on any atom is 0.252 e. The number of aromatic amines is 1. The molecule has 6 heteroatoms. The summed E-state index contributed by atoms with van der Waals surface area (Å²) in [6.45, 7) is 5.45. The summed E-state index contributed by atoms with van der Waals surface area (Å²) in [5.41, 5.74) is 0.337. The van der Waals surface area contributed by atoms with E-state index in [0.29, 0.717) is 5.95 Å². The monoisotopic (exact) mass is 330 g/mol. The lowest BCUT2D eigenvalue weighted by Crippen LogP contribution is -2.49. The van der Waals surface area contributed by atoms with Crippen LogP contribution in [0.15, 0.2) is 23.0 Å². The topological polar surface area (TPSA) is 78.1 Å². The molecule has 0 saturated carbocycles. The van der Waals surface area contributed by atoms with Gasteiger partial charge in [0.2, 0.25) is 11.9 Å². The van der Waals surface area contributed by atoms with Gasteiger partial charge in [-0.25, -0.2) is 4.98 Å². The van der Waals surface area contributed by atoms with E-state index in [0.717, 1.165) is 50.9 Å². The number of aromatic nitrogens is 2. The van der Waals surface area contributed by atoms with Crippen molar-refractivity contribution in [1.82, 2.24) is 15.3 Å². The van der Waals surface area contributed by atoms with Crippen LogP contribution in [-0.2, 0) is 4.79 Å². The molecule has 130 valence electrons. The fraction of sp³-hybridized carbons (Fsp3) is 0.611. The van der Waals surface area contributed by atoms with Crippen molar-refractivity contribution in [2.45, 2.75) is 52.0 Å². The van der Waals surface area contributed by atoms with Gasteiger partial charge in [0, 0.05) is 30.9 Å². The van der Waals surface area contributed by atoms with E-state index >= 15 is 0 Å². The third-order valence-corrected chi connectivity index (χ3v) is 5.13. The molecule has 1 fully saturated rings. The first-order valence-electron chi connectivity index (χ1n) is 8.75. The summed E-state index contributed by atoms with van der Waals surface area (Å²) in [6.07, 6.45) is 8.74. The van der Waals surface area contributed by atoms with Crippen molar-refractivity contribution in [2.75, 3.05) is 18.0 Å². The molecule has 0 aromatic carbocycles. The standard InChI is InChI=1S/C18H26N4O2/c1-13-12-15(23)21-17(19-13)22-10-6-14(7-11-22)20-16(24)18(2)8-4-3-5-9-18/h3-4,12,14H,5-11H2,1-2H3,(H,20,24)(H,19,21,23). The van der Waals surface area contributed by atoms with Crippen LogP contribution in [0.25, 0.3) is 0 Å². The van der Waals surface area contributed by atoms with E-state index in [-0.39, 0.29) is 22.9 Å². The summed E-state index contributed by atoms with van der Waals surface area (Å²) >= 11 is 0. The van der Waals surface area contributed by atoms with Gasteiger partial charge in [-0.2, -0.15) is 0 Å². The normalized spacial score (nSPS) is 24.8. The molecule has 2 aliphatic rings. The van der Waals surface area contributed by atoms with Gasteiger partial charge in [0.05, 0.1) is 5.41 Å². The number of hydrogen-bond acceptors (Lipinski definition) is 4. The molecule has 1 atom stereocenters. The first kappa shape index (κ1) is 16.7. The van der Waals surface area contributed by atoms with Gasteiger partial charge in [-0.05, 0) is 39.0 Å². The van der Waals surface area contributed by atoms with Crippen LogP contribution in [0.2, 0.25) is 0 Å². The van der Waals surface area contributed by atoms with Crippen molar-refractivity contribution < 1.29 is 4.79 Å². The van der Waals surface area contributed by atoms with E-state index in [1.807, 2.05) is 6.92 Å². The molecule has 1 aromatic rings. The minimum Gasteiger partial charge on any atom is -0.353 e. The zero-order chi connectivity index (χ0) is 17.2. The molecule has 24 heavy (non-hydrogen) atoms. The number of carbonyl (C=O) groups excluding carboxylic acids is 1. The van der Waals surface area contributed by atoms with Gasteiger partial charge in [-0.3, -0.25) is 14.6 Å². The van der Waals surface area contributed by atoms with Crippen LogP contribution < -0.4 is 15.8 Å². The number of aryl methyl sites for hydroxylation is 1. The fourth-order valence-electron chi connectivity index (χ4n) is 3.48. The van der Waals surface area contributed by atoms with Gasteiger partial charge in [0.25, 0.3) is 5.56 Å². The zero-order valence-corrected chi connectivity index (χ0v) is 14.5. The Hall–Kier alpha value is -2.11. The van der Waals surface area contributed by atoms with E-state index in [4.69, 9.17) is 0 Å². The number of rotatable bonds is 3. The van der Waals surface area contributed by atoms with Crippen molar-refractivity contribution in [3.05, 3.63) is 34.3 Å². The Labute approximate surface area is 142 Å². The van der Waals surface area contributed by atoms with Crippen LogP contribution in [0.3, 0.4) is 0 Å². The molecule has 3 rings (SSSR count). The van der Waals surface area contributed by atoms with Crippen LogP contribution in [0.1, 0.15) is 44.7 Å². The maximum absolute atomic E-state index is 12.6. The fourth-order valence-corrected chi connectivity index (χ4v) is 3.48. The number of piperidine rings is 1. The molecule has 1 aliphatic carbocycles. The minimum atomic E-state index is -0.269. The molecule has 0 spiro atoms. The molecule has 1 aliphatic heterocycles. The molecular formula is C18H26N4O2. The number of carbonyl (C=O) groups is 1. The SMILES string of the molecule is Cc1cc(=O)[nH]c(N2CCC(NC(=O)C3(C)CC=CCC3)CC2)n1. The second kappa shape index (κ2) is 6.79. The van der Waals surface area contributed by atoms with Gasteiger partial charge >= 0.3 is 0 Å². The molecule has 0 radical (unpaired) electrons. The second-order valence-corrected chi connectivity index (χ2v) is 7.22. The second-order valence-electron chi connectivity index (χ2n) is 7.22. The van der Waals surface area contributed by atoms with Crippen molar-refractivity contribution in [2.24, 2.45) is 5.41 Å². The maximum atomic E-state index is 12.6. The highest BCUT2D eigenvalue weighted by Crippen LogP contribution is 2.32. The Balaban J connectivity index is 1.56. The molecule has 1 amide bonds. The lowest BCUT2D eigenvalue weighted by atomic mass is 9.78. The molecule has 1 aromatic heterocycles. The minimum absolute atomic E-state index is 0.119. The average molecular weight is 330 g/mol. The van der Waals surface area contributed by atoms with Crippen molar-refractivity contribution in [3.63, 3.8) is 0 Å². The van der Waals surface area contributed by atoms with E-state index in [1.165, 1.54) is 6.07 Å². The summed E-state index contributed by atoms with van der Waals surface area (Å²) in [5.74, 6) is 0.807. The molecule has 0 bridgehead atoms. The van der Waals surface area contributed by atoms with E-state index in [9.17, 15) is 9.59 Å². The molecule has 2 heterocycles. The van der Waals surface area contributed by atoms with Crippen LogP contribution in [0.4, 0.5) is 5.95 Å². The van der Waals surface area contributed by atoms with Crippen molar-refractivity contribution in [1.29, 1.82) is 0 Å². The average Bonchev–Trinajstić information content (AvgIpc) is 2.55. The number of H-pyrrole nitrogens is 1. The predicted molar refractivity (Wildman–Crippen MR) is 94.1 cm³/mol. The summed E-state index contributed by atoms with van der Waals surface area (Å²) in [4.78, 5) is 33.5. The quantitative estimate of drug-likeness (QED) is 0.830. The zero-order valence-electron chi connectivity index (χ0n) is 14.5. The van der Waals surface area contributed by atoms with Crippen molar-refractivity contribution >= 4 is 11.9 Å². The summed E-state index contributed by atoms with van der Waals surface area (Å²) in [6, 6.07) is 1.70. The predicted octanol–water partition coefficient (Wildman–Crippen LogP) is 1.91. The number of amides is 1. The lowest BCUT2D eigenvalue weighted by molar-refractivity contribution is -0.131. The third kappa shape index (κ3) is 3.68. The highest BCUT2D eigenvalue weighted by molar-refractivity contribution is 5.82. The summed E-state index contributed by atoms with van der Waals surface area (Å²) < 4.78 is 0. The third-order valence-electron chi connectivity index (χ3n) is 5.13. The van der Waals surface area contributed by atoms with Gasteiger partial charge in [-0.1, -0.05) is 19.1 Å². The van der Waals surface area contributed by atoms with Gasteiger partial charge in [0.1, 0.15) is 0 Å². The van der Waals surface area contributed by atoms with Crippen LogP contribution in [-0.4, -0.2) is 35.0 Å². The molecule has 6 nitrogen and oxygen atoms in total. The Morgan fingerprint density at radius 3 is 2.75 bits per heavy atom. The van der Waals surface area contributed by atoms with E-state index in [1.54, 1.807) is 0 Å². The van der Waals surface area contributed by atoms with Crippen LogP contribution in [0.5, 0.6) is 0 Å². The number of anilines is 1. The summed E-state index contributed by atoms with van der Waals surface area (Å²) in [7, 11) is 0. The van der Waals surface area contributed by atoms with E-state index < -0.39 is 0 Å². The Morgan fingerprint density at radius 2 is 2.12 bits per heavy atom. The molecule has 1 unspecified atom stereocenters. The Kier molecular flexibility index (Phi) is 4.73. The van der Waals surface area contributed by atoms with Crippen molar-refractivity contribution in [3.8, 4) is 0 Å². The van der Waals surface area contributed by atoms with Crippen LogP contribution >= 0.6 is 0 Å². The highest BCUT2D eigenvalue weighted by atomic mass is 16.2. The number of nitrogens with zero attached hydrogens (tertiary/aromatic N) is 2. The number of nitrogens with one attached hydrogen (secondary N) is 2. The summed E-state index contributed by atoms with van der Waals surface area (Å²) in [5, 5.41) is 3.23. The number of allylic oxidation sites excluding steroid dienone is 2. The largest absolute Gasteiger partial charge is 0.353 e. The van der Waals surface area contributed by atoms with E-state index in [2.05, 4.69) is 39.3 Å². The highest BCUT2D eigenvalue weighted by Gasteiger charge is 2.34. The van der Waals surface area contributed by atoms with Gasteiger partial charge < -0.3 is 10.2 Å². The lowest BCUT2D eigenvalue weighted by Gasteiger charge is -2.36.